The van der Waals surface area contributed by atoms with Crippen molar-refractivity contribution in [2.75, 3.05) is 11.9 Å². The number of aromatic nitrogens is 2. The lowest BCUT2D eigenvalue weighted by Crippen LogP contribution is -2.17. The normalized spacial score (nSPS) is 9.62. The van der Waals surface area contributed by atoms with Crippen LogP contribution in [0.15, 0.2) is 35.4 Å². The number of nitrogens with one attached hydrogen (secondary N) is 2. The van der Waals surface area contributed by atoms with E-state index in [-0.39, 0.29) is 17.8 Å². The molecule has 1 amide bonds. The third-order valence-corrected chi connectivity index (χ3v) is 2.78. The summed E-state index contributed by atoms with van der Waals surface area (Å²) in [6.07, 6.45) is 2.28. The van der Waals surface area contributed by atoms with Gasteiger partial charge in [0, 0.05) is 17.4 Å². The van der Waals surface area contributed by atoms with Gasteiger partial charge in [-0.2, -0.15) is 0 Å². The van der Waals surface area contributed by atoms with Gasteiger partial charge in [0.15, 0.2) is 0 Å². The molecule has 7 heteroatoms. The Hall–Kier alpha value is -2.62. The van der Waals surface area contributed by atoms with Crippen molar-refractivity contribution in [1.29, 1.82) is 0 Å². The number of anilines is 1. The van der Waals surface area contributed by atoms with Crippen LogP contribution in [-0.4, -0.2) is 22.4 Å². The summed E-state index contributed by atoms with van der Waals surface area (Å²) < 4.78 is 0. The van der Waals surface area contributed by atoms with E-state index in [4.69, 9.17) is 17.3 Å². The zero-order valence-corrected chi connectivity index (χ0v) is 11.6. The quantitative estimate of drug-likeness (QED) is 0.720. The molecule has 0 saturated carbocycles. The lowest BCUT2D eigenvalue weighted by atomic mass is 10.2. The number of halogens is 1. The second-order valence-electron chi connectivity index (χ2n) is 3.95. The number of benzene rings is 1. The standard InChI is InChI=1S/C14H11ClN4O2/c15-11-4-3-10(6-9(11)2-1-5-16)19-14(21)12-7-18-13(20)8-17-12/h3-4,6-8H,5,16H2,(H,18,20)(H,19,21). The number of hydrogen-bond acceptors (Lipinski definition) is 4. The second-order valence-corrected chi connectivity index (χ2v) is 4.36. The van der Waals surface area contributed by atoms with Crippen LogP contribution < -0.4 is 16.6 Å². The Kier molecular flexibility index (Phi) is 4.72. The summed E-state index contributed by atoms with van der Waals surface area (Å²) >= 11 is 5.99. The molecule has 1 aromatic carbocycles. The van der Waals surface area contributed by atoms with E-state index in [0.717, 1.165) is 6.20 Å². The summed E-state index contributed by atoms with van der Waals surface area (Å²) in [5.74, 6) is 5.05. The zero-order valence-electron chi connectivity index (χ0n) is 10.8. The average Bonchev–Trinajstić information content (AvgIpc) is 2.48. The molecule has 0 saturated heterocycles. The predicted octanol–water partition coefficient (Wildman–Crippen LogP) is 0.986. The van der Waals surface area contributed by atoms with Crippen molar-refractivity contribution in [1.82, 2.24) is 9.97 Å². The number of nitrogens with two attached hydrogens (primary N) is 1. The van der Waals surface area contributed by atoms with Crippen LogP contribution in [0.1, 0.15) is 16.1 Å². The molecular weight excluding hydrogens is 292 g/mol. The minimum absolute atomic E-state index is 0.0964. The minimum atomic E-state index is -0.452. The molecule has 2 aromatic rings. The van der Waals surface area contributed by atoms with E-state index < -0.39 is 5.91 Å². The van der Waals surface area contributed by atoms with E-state index in [0.29, 0.717) is 16.3 Å². The van der Waals surface area contributed by atoms with Crippen molar-refractivity contribution in [3.8, 4) is 11.8 Å². The van der Waals surface area contributed by atoms with Crippen LogP contribution in [0.25, 0.3) is 0 Å². The molecule has 0 fully saturated rings. The van der Waals surface area contributed by atoms with Crippen LogP contribution in [0, 0.1) is 11.8 Å². The van der Waals surface area contributed by atoms with Gasteiger partial charge in [-0.05, 0) is 18.2 Å². The monoisotopic (exact) mass is 302 g/mol. The lowest BCUT2D eigenvalue weighted by molar-refractivity contribution is 0.102. The highest BCUT2D eigenvalue weighted by Crippen LogP contribution is 2.20. The highest BCUT2D eigenvalue weighted by atomic mass is 35.5. The molecule has 106 valence electrons. The summed E-state index contributed by atoms with van der Waals surface area (Å²) in [7, 11) is 0. The van der Waals surface area contributed by atoms with E-state index in [1.165, 1.54) is 6.20 Å². The fourth-order valence-corrected chi connectivity index (χ4v) is 1.67. The predicted molar refractivity (Wildman–Crippen MR) is 80.2 cm³/mol. The maximum Gasteiger partial charge on any atom is 0.275 e. The van der Waals surface area contributed by atoms with Crippen molar-refractivity contribution >= 4 is 23.2 Å². The number of nitrogens with zero attached hydrogens (tertiary/aromatic N) is 1. The number of rotatable bonds is 2. The summed E-state index contributed by atoms with van der Waals surface area (Å²) in [6.45, 7) is 0.216. The largest absolute Gasteiger partial charge is 0.325 e. The van der Waals surface area contributed by atoms with E-state index in [2.05, 4.69) is 27.1 Å². The number of H-pyrrole nitrogens is 1. The summed E-state index contributed by atoms with van der Waals surface area (Å²) in [4.78, 5) is 29.0. The maximum absolute atomic E-state index is 12.0. The van der Waals surface area contributed by atoms with Gasteiger partial charge in [-0.15, -0.1) is 0 Å². The van der Waals surface area contributed by atoms with Crippen molar-refractivity contribution in [3.05, 3.63) is 57.2 Å². The highest BCUT2D eigenvalue weighted by Gasteiger charge is 2.08. The molecule has 0 aliphatic carbocycles. The van der Waals surface area contributed by atoms with Crippen LogP contribution in [0.4, 0.5) is 5.69 Å². The number of carbonyl (C=O) groups is 1. The maximum atomic E-state index is 12.0. The smallest absolute Gasteiger partial charge is 0.275 e. The van der Waals surface area contributed by atoms with E-state index in [1.54, 1.807) is 18.2 Å². The topological polar surface area (TPSA) is 101 Å². The third kappa shape index (κ3) is 3.92. The van der Waals surface area contributed by atoms with Crippen LogP contribution in [-0.2, 0) is 0 Å². The summed E-state index contributed by atoms with van der Waals surface area (Å²) in [6, 6.07) is 4.89. The SMILES string of the molecule is NCC#Cc1cc(NC(=O)c2c[nH]c(=O)cn2)ccc1Cl. The second kappa shape index (κ2) is 6.70. The Morgan fingerprint density at radius 1 is 1.48 bits per heavy atom. The van der Waals surface area contributed by atoms with Crippen LogP contribution in [0.3, 0.4) is 0 Å². The molecule has 0 atom stereocenters. The average molecular weight is 303 g/mol. The first-order chi connectivity index (χ1) is 10.1. The molecule has 21 heavy (non-hydrogen) atoms. The first kappa shape index (κ1) is 14.8. The molecule has 0 radical (unpaired) electrons. The molecule has 0 aliphatic heterocycles. The van der Waals surface area contributed by atoms with Gasteiger partial charge in [-0.25, -0.2) is 4.98 Å². The van der Waals surface area contributed by atoms with Crippen molar-refractivity contribution in [2.45, 2.75) is 0 Å². The Morgan fingerprint density at radius 2 is 2.29 bits per heavy atom. The van der Waals surface area contributed by atoms with Gasteiger partial charge in [-0.1, -0.05) is 23.4 Å². The molecule has 0 spiro atoms. The molecule has 1 heterocycles. The molecule has 4 N–H and O–H groups in total. The van der Waals surface area contributed by atoms with E-state index >= 15 is 0 Å². The van der Waals surface area contributed by atoms with E-state index in [9.17, 15) is 9.59 Å². The molecule has 6 nitrogen and oxygen atoms in total. The van der Waals surface area contributed by atoms with Crippen LogP contribution in [0.5, 0.6) is 0 Å². The Balaban J connectivity index is 2.21. The van der Waals surface area contributed by atoms with Gasteiger partial charge in [0.25, 0.3) is 11.5 Å². The molecule has 0 bridgehead atoms. The number of carbonyl (C=O) groups excluding carboxylic acids is 1. The van der Waals surface area contributed by atoms with Gasteiger partial charge in [0.1, 0.15) is 5.69 Å². The van der Waals surface area contributed by atoms with E-state index in [1.807, 2.05) is 0 Å². The Morgan fingerprint density at radius 3 is 2.95 bits per heavy atom. The fourth-order valence-electron chi connectivity index (χ4n) is 1.51. The van der Waals surface area contributed by atoms with Gasteiger partial charge in [0.05, 0.1) is 17.8 Å². The summed E-state index contributed by atoms with van der Waals surface area (Å²) in [5, 5.41) is 3.11. The first-order valence-corrected chi connectivity index (χ1v) is 6.32. The van der Waals surface area contributed by atoms with Crippen molar-refractivity contribution in [2.24, 2.45) is 5.73 Å². The van der Waals surface area contributed by atoms with Crippen molar-refractivity contribution in [3.63, 3.8) is 0 Å². The fraction of sp³-hybridized carbons (Fsp3) is 0.0714. The van der Waals surface area contributed by atoms with Crippen LogP contribution in [0.2, 0.25) is 5.02 Å². The zero-order chi connectivity index (χ0) is 15.2. The summed E-state index contributed by atoms with van der Waals surface area (Å²) in [5.41, 5.74) is 6.11. The van der Waals surface area contributed by atoms with Gasteiger partial charge >= 0.3 is 0 Å². The molecule has 0 aliphatic rings. The third-order valence-electron chi connectivity index (χ3n) is 2.45. The van der Waals surface area contributed by atoms with Gasteiger partial charge < -0.3 is 16.0 Å². The lowest BCUT2D eigenvalue weighted by Gasteiger charge is -2.05. The van der Waals surface area contributed by atoms with Gasteiger partial charge in [-0.3, -0.25) is 9.59 Å². The molecule has 0 unspecified atom stereocenters. The Bertz CT molecular complexity index is 769. The Labute approximate surface area is 125 Å². The minimum Gasteiger partial charge on any atom is -0.325 e. The molecule has 1 aromatic heterocycles. The number of hydrogen-bond donors (Lipinski definition) is 3. The van der Waals surface area contributed by atoms with Crippen LogP contribution >= 0.6 is 11.6 Å². The molecular formula is C14H11ClN4O2. The van der Waals surface area contributed by atoms with Crippen molar-refractivity contribution < 1.29 is 4.79 Å². The van der Waals surface area contributed by atoms with Gasteiger partial charge in [0.2, 0.25) is 0 Å². The first-order valence-electron chi connectivity index (χ1n) is 5.94. The number of aromatic amines is 1. The number of amides is 1. The molecule has 2 rings (SSSR count). The highest BCUT2D eigenvalue weighted by molar-refractivity contribution is 6.31.